The molecule has 0 fully saturated rings. The van der Waals surface area contributed by atoms with Gasteiger partial charge < -0.3 is 4.42 Å². The van der Waals surface area contributed by atoms with Crippen molar-refractivity contribution in [3.05, 3.63) is 40.2 Å². The third-order valence-electron chi connectivity index (χ3n) is 3.01. The van der Waals surface area contributed by atoms with Gasteiger partial charge in [-0.05, 0) is 34.9 Å². The molecule has 1 N–H and O–H groups in total. The summed E-state index contributed by atoms with van der Waals surface area (Å²) in [6, 6.07) is 7.51. The lowest BCUT2D eigenvalue weighted by Crippen LogP contribution is -2.04. The van der Waals surface area contributed by atoms with Crippen LogP contribution in [0.3, 0.4) is 0 Å². The summed E-state index contributed by atoms with van der Waals surface area (Å²) in [4.78, 5) is 11.9. The normalized spacial score (nSPS) is 11.3. The Balaban J connectivity index is 2.25. The topological polar surface area (TPSA) is 84.7 Å². The molecule has 2 aromatic heterocycles. The van der Waals surface area contributed by atoms with Crippen molar-refractivity contribution in [2.45, 2.75) is 19.8 Å². The smallest absolute Gasteiger partial charge is 0.347 e. The highest BCUT2D eigenvalue weighted by atomic mass is 16.4. The zero-order valence-corrected chi connectivity index (χ0v) is 10.5. The molecule has 0 radical (unpaired) electrons. The summed E-state index contributed by atoms with van der Waals surface area (Å²) >= 11 is 0. The first-order valence-corrected chi connectivity index (χ1v) is 5.97. The van der Waals surface area contributed by atoms with E-state index >= 15 is 0 Å². The Hall–Kier alpha value is -2.50. The lowest BCUT2D eigenvalue weighted by molar-refractivity contribution is 0.562. The van der Waals surface area contributed by atoms with Gasteiger partial charge in [-0.3, -0.25) is 0 Å². The van der Waals surface area contributed by atoms with Crippen molar-refractivity contribution >= 4 is 11.0 Å². The Kier molecular flexibility index (Phi) is 2.63. The number of hydrogen-bond acceptors (Lipinski definition) is 5. The summed E-state index contributed by atoms with van der Waals surface area (Å²) in [5, 5.41) is 14.2. The second kappa shape index (κ2) is 4.31. The van der Waals surface area contributed by atoms with Gasteiger partial charge in [-0.2, -0.15) is 5.21 Å². The number of nitrogens with zero attached hydrogens (tertiary/aromatic N) is 3. The molecule has 0 saturated heterocycles. The van der Waals surface area contributed by atoms with E-state index in [0.29, 0.717) is 17.1 Å². The molecule has 0 spiro atoms. The number of hydrogen-bond donors (Lipinski definition) is 1. The maximum atomic E-state index is 11.9. The predicted octanol–water partition coefficient (Wildman–Crippen LogP) is 2.10. The molecule has 19 heavy (non-hydrogen) atoms. The van der Waals surface area contributed by atoms with Gasteiger partial charge >= 0.3 is 5.63 Å². The van der Waals surface area contributed by atoms with Gasteiger partial charge in [0.15, 0.2) is 0 Å². The van der Waals surface area contributed by atoms with Crippen LogP contribution < -0.4 is 5.63 Å². The maximum Gasteiger partial charge on any atom is 0.347 e. The zero-order valence-electron chi connectivity index (χ0n) is 10.5. The first-order valence-electron chi connectivity index (χ1n) is 5.97. The number of tetrazole rings is 1. The Bertz CT molecular complexity index is 775. The van der Waals surface area contributed by atoms with E-state index in [0.717, 1.165) is 5.39 Å². The number of H-pyrrole nitrogens is 1. The zero-order chi connectivity index (χ0) is 13.4. The average Bonchev–Trinajstić information content (AvgIpc) is 2.91. The van der Waals surface area contributed by atoms with E-state index in [4.69, 9.17) is 4.42 Å². The van der Waals surface area contributed by atoms with Gasteiger partial charge in [0.05, 0.1) is 0 Å². The van der Waals surface area contributed by atoms with E-state index in [9.17, 15) is 4.79 Å². The second-order valence-corrected chi connectivity index (χ2v) is 4.63. The third-order valence-corrected chi connectivity index (χ3v) is 3.01. The van der Waals surface area contributed by atoms with E-state index in [1.54, 1.807) is 6.07 Å². The van der Waals surface area contributed by atoms with Crippen molar-refractivity contribution in [3.63, 3.8) is 0 Å². The van der Waals surface area contributed by atoms with E-state index in [-0.39, 0.29) is 5.82 Å². The third kappa shape index (κ3) is 2.01. The summed E-state index contributed by atoms with van der Waals surface area (Å²) in [5.74, 6) is 0.649. The van der Waals surface area contributed by atoms with E-state index in [2.05, 4.69) is 34.5 Å². The summed E-state index contributed by atoms with van der Waals surface area (Å²) in [6.45, 7) is 4.22. The second-order valence-electron chi connectivity index (χ2n) is 4.63. The maximum absolute atomic E-state index is 11.9. The molecule has 0 aliphatic rings. The number of aromatic nitrogens is 4. The highest BCUT2D eigenvalue weighted by molar-refractivity contribution is 5.81. The number of nitrogens with one attached hydrogen (secondary N) is 1. The molecule has 2 heterocycles. The van der Waals surface area contributed by atoms with Crippen LogP contribution in [0.2, 0.25) is 0 Å². The number of benzene rings is 1. The van der Waals surface area contributed by atoms with Crippen LogP contribution >= 0.6 is 0 Å². The Labute approximate surface area is 108 Å². The summed E-state index contributed by atoms with van der Waals surface area (Å²) < 4.78 is 5.27. The molecule has 3 aromatic rings. The first kappa shape index (κ1) is 11.6. The van der Waals surface area contributed by atoms with Crippen molar-refractivity contribution in [3.8, 4) is 11.4 Å². The monoisotopic (exact) mass is 256 g/mol. The summed E-state index contributed by atoms with van der Waals surface area (Å²) in [7, 11) is 0. The molecule has 0 aliphatic heterocycles. The molecule has 0 amide bonds. The van der Waals surface area contributed by atoms with Crippen molar-refractivity contribution < 1.29 is 4.42 Å². The minimum atomic E-state index is -0.466. The van der Waals surface area contributed by atoms with Gasteiger partial charge in [0.25, 0.3) is 0 Å². The van der Waals surface area contributed by atoms with Gasteiger partial charge in [0, 0.05) is 5.39 Å². The Morgan fingerprint density at radius 3 is 2.79 bits per heavy atom. The van der Waals surface area contributed by atoms with E-state index < -0.39 is 5.63 Å². The average molecular weight is 256 g/mol. The minimum absolute atomic E-state index is 0.241. The molecule has 0 bridgehead atoms. The van der Waals surface area contributed by atoms with Crippen LogP contribution in [0.4, 0.5) is 0 Å². The van der Waals surface area contributed by atoms with Crippen LogP contribution in [-0.2, 0) is 0 Å². The fourth-order valence-corrected chi connectivity index (χ4v) is 1.93. The molecule has 6 heteroatoms. The highest BCUT2D eigenvalue weighted by Gasteiger charge is 2.12. The molecule has 0 saturated carbocycles. The fraction of sp³-hybridized carbons (Fsp3) is 0.231. The summed E-state index contributed by atoms with van der Waals surface area (Å²) in [5.41, 5.74) is 1.58. The number of fused-ring (bicyclic) bond motifs is 1. The standard InChI is InChI=1S/C13H12N4O2/c1-7(2)8-3-4-11-9(5-8)6-10(13(18)19-11)12-14-16-17-15-12/h3-7H,1-2H3,(H,14,15,16,17). The molecular formula is C13H12N4O2. The van der Waals surface area contributed by atoms with Gasteiger partial charge in [-0.1, -0.05) is 19.9 Å². The molecule has 0 atom stereocenters. The molecule has 3 rings (SSSR count). The molecule has 6 nitrogen and oxygen atoms in total. The van der Waals surface area contributed by atoms with Crippen molar-refractivity contribution in [1.29, 1.82) is 0 Å². The molecular weight excluding hydrogens is 244 g/mol. The molecule has 96 valence electrons. The van der Waals surface area contributed by atoms with E-state index in [1.807, 2.05) is 18.2 Å². The fourth-order valence-electron chi connectivity index (χ4n) is 1.93. The van der Waals surface area contributed by atoms with Crippen LogP contribution in [0.5, 0.6) is 0 Å². The largest absolute Gasteiger partial charge is 0.422 e. The Morgan fingerprint density at radius 1 is 1.26 bits per heavy atom. The van der Waals surface area contributed by atoms with Crippen molar-refractivity contribution in [1.82, 2.24) is 20.6 Å². The van der Waals surface area contributed by atoms with Crippen LogP contribution in [0.15, 0.2) is 33.5 Å². The van der Waals surface area contributed by atoms with Gasteiger partial charge in [-0.15, -0.1) is 10.2 Å². The molecule has 0 unspecified atom stereocenters. The SMILES string of the molecule is CC(C)c1ccc2oc(=O)c(-c3nn[nH]n3)cc2c1. The predicted molar refractivity (Wildman–Crippen MR) is 69.7 cm³/mol. The van der Waals surface area contributed by atoms with Gasteiger partial charge in [-0.25, -0.2) is 4.79 Å². The Morgan fingerprint density at radius 2 is 2.11 bits per heavy atom. The number of rotatable bonds is 2. The van der Waals surface area contributed by atoms with Gasteiger partial charge in [0.1, 0.15) is 11.1 Å². The first-order chi connectivity index (χ1) is 9.15. The number of aromatic amines is 1. The van der Waals surface area contributed by atoms with E-state index in [1.165, 1.54) is 5.56 Å². The quantitative estimate of drug-likeness (QED) is 0.710. The minimum Gasteiger partial charge on any atom is -0.422 e. The van der Waals surface area contributed by atoms with Gasteiger partial charge in [0.2, 0.25) is 5.82 Å². The molecule has 0 aliphatic carbocycles. The van der Waals surface area contributed by atoms with Crippen molar-refractivity contribution in [2.24, 2.45) is 0 Å². The summed E-state index contributed by atoms with van der Waals surface area (Å²) in [6.07, 6.45) is 0. The lowest BCUT2D eigenvalue weighted by atomic mass is 10.0. The van der Waals surface area contributed by atoms with Crippen LogP contribution in [0.25, 0.3) is 22.4 Å². The van der Waals surface area contributed by atoms with Crippen molar-refractivity contribution in [2.75, 3.05) is 0 Å². The van der Waals surface area contributed by atoms with Crippen LogP contribution in [0.1, 0.15) is 25.3 Å². The van der Waals surface area contributed by atoms with Crippen LogP contribution in [0, 0.1) is 0 Å². The van der Waals surface area contributed by atoms with Crippen LogP contribution in [-0.4, -0.2) is 20.6 Å². The lowest BCUT2D eigenvalue weighted by Gasteiger charge is -2.06. The highest BCUT2D eigenvalue weighted by Crippen LogP contribution is 2.22. The molecule has 1 aromatic carbocycles.